The van der Waals surface area contributed by atoms with E-state index in [-0.39, 0.29) is 11.8 Å². The summed E-state index contributed by atoms with van der Waals surface area (Å²) in [4.78, 5) is 0. The average Bonchev–Trinajstić information content (AvgIpc) is 2.37. The highest BCUT2D eigenvalue weighted by atomic mass is 19.1. The van der Waals surface area contributed by atoms with Crippen LogP contribution < -0.4 is 21.5 Å². The monoisotopic (exact) mass is 259 g/mol. The second kappa shape index (κ2) is 7.25. The number of methoxy groups -OCH3 is 1. The van der Waals surface area contributed by atoms with E-state index in [2.05, 4.69) is 5.32 Å². The SMILES string of the molecule is COc1cc(F)c(CCNCC(N)CN)cc1F. The summed E-state index contributed by atoms with van der Waals surface area (Å²) < 4.78 is 31.6. The zero-order chi connectivity index (χ0) is 13.5. The number of benzene rings is 1. The second-order valence-corrected chi connectivity index (χ2v) is 4.03. The standard InChI is InChI=1S/C12H19F2N3O/c1-18-12-5-10(13)8(4-11(12)14)2-3-17-7-9(16)6-15/h4-5,9,17H,2-3,6-7,15-16H2,1H3. The molecule has 0 heterocycles. The molecule has 0 spiro atoms. The molecule has 4 nitrogen and oxygen atoms in total. The van der Waals surface area contributed by atoms with Gasteiger partial charge in [-0.1, -0.05) is 0 Å². The summed E-state index contributed by atoms with van der Waals surface area (Å²) in [5.41, 5.74) is 11.3. The highest BCUT2D eigenvalue weighted by molar-refractivity contribution is 5.31. The van der Waals surface area contributed by atoms with E-state index in [1.807, 2.05) is 0 Å². The third kappa shape index (κ3) is 4.21. The fraction of sp³-hybridized carbons (Fsp3) is 0.500. The van der Waals surface area contributed by atoms with Crippen LogP contribution in [0.25, 0.3) is 0 Å². The molecular formula is C12H19F2N3O. The van der Waals surface area contributed by atoms with Gasteiger partial charge in [0.25, 0.3) is 0 Å². The van der Waals surface area contributed by atoms with Crippen molar-refractivity contribution in [2.75, 3.05) is 26.7 Å². The van der Waals surface area contributed by atoms with Gasteiger partial charge in [-0.25, -0.2) is 8.78 Å². The number of hydrogen-bond acceptors (Lipinski definition) is 4. The zero-order valence-corrected chi connectivity index (χ0v) is 10.4. The van der Waals surface area contributed by atoms with Gasteiger partial charge in [-0.05, 0) is 24.6 Å². The van der Waals surface area contributed by atoms with Crippen LogP contribution in [-0.4, -0.2) is 32.8 Å². The number of halogens is 2. The van der Waals surface area contributed by atoms with E-state index in [4.69, 9.17) is 16.2 Å². The first-order valence-electron chi connectivity index (χ1n) is 5.76. The maximum Gasteiger partial charge on any atom is 0.165 e. The van der Waals surface area contributed by atoms with Crippen LogP contribution in [0, 0.1) is 11.6 Å². The van der Waals surface area contributed by atoms with Gasteiger partial charge < -0.3 is 21.5 Å². The molecule has 0 aliphatic heterocycles. The quantitative estimate of drug-likeness (QED) is 0.619. The van der Waals surface area contributed by atoms with Gasteiger partial charge >= 0.3 is 0 Å². The van der Waals surface area contributed by atoms with Crippen molar-refractivity contribution in [1.82, 2.24) is 5.32 Å². The van der Waals surface area contributed by atoms with Crippen molar-refractivity contribution < 1.29 is 13.5 Å². The van der Waals surface area contributed by atoms with Crippen LogP contribution >= 0.6 is 0 Å². The Morgan fingerprint density at radius 1 is 1.33 bits per heavy atom. The number of nitrogens with one attached hydrogen (secondary N) is 1. The Morgan fingerprint density at radius 2 is 2.06 bits per heavy atom. The molecule has 102 valence electrons. The first-order chi connectivity index (χ1) is 8.58. The van der Waals surface area contributed by atoms with Gasteiger partial charge in [0.2, 0.25) is 0 Å². The van der Waals surface area contributed by atoms with E-state index in [0.29, 0.717) is 31.6 Å². The Labute approximate surface area is 105 Å². The van der Waals surface area contributed by atoms with Crippen LogP contribution in [0.4, 0.5) is 8.78 Å². The molecule has 0 saturated heterocycles. The highest BCUT2D eigenvalue weighted by Gasteiger charge is 2.10. The number of hydrogen-bond donors (Lipinski definition) is 3. The minimum absolute atomic E-state index is 0.0886. The molecule has 0 aliphatic carbocycles. The Bertz CT molecular complexity index is 388. The smallest absolute Gasteiger partial charge is 0.165 e. The average molecular weight is 259 g/mol. The first kappa shape index (κ1) is 14.8. The molecule has 0 bridgehead atoms. The number of ether oxygens (including phenoxy) is 1. The number of nitrogens with two attached hydrogens (primary N) is 2. The summed E-state index contributed by atoms with van der Waals surface area (Å²) in [6, 6.07) is 2.08. The molecule has 0 radical (unpaired) electrons. The Morgan fingerprint density at radius 3 is 2.67 bits per heavy atom. The third-order valence-corrected chi connectivity index (χ3v) is 2.60. The van der Waals surface area contributed by atoms with E-state index in [1.54, 1.807) is 0 Å². The second-order valence-electron chi connectivity index (χ2n) is 4.03. The van der Waals surface area contributed by atoms with Crippen LogP contribution in [0.1, 0.15) is 5.56 Å². The maximum absolute atomic E-state index is 13.6. The van der Waals surface area contributed by atoms with E-state index in [1.165, 1.54) is 7.11 Å². The molecule has 0 fully saturated rings. The Hall–Kier alpha value is -1.24. The van der Waals surface area contributed by atoms with Gasteiger partial charge in [0.05, 0.1) is 7.11 Å². The molecule has 1 unspecified atom stereocenters. The topological polar surface area (TPSA) is 73.3 Å². The Balaban J connectivity index is 2.50. The van der Waals surface area contributed by atoms with E-state index in [0.717, 1.165) is 12.1 Å². The molecule has 6 heteroatoms. The van der Waals surface area contributed by atoms with Crippen molar-refractivity contribution in [1.29, 1.82) is 0 Å². The van der Waals surface area contributed by atoms with E-state index in [9.17, 15) is 8.78 Å². The van der Waals surface area contributed by atoms with Gasteiger partial charge in [-0.2, -0.15) is 0 Å². The van der Waals surface area contributed by atoms with Crippen molar-refractivity contribution in [3.63, 3.8) is 0 Å². The minimum atomic E-state index is -0.562. The lowest BCUT2D eigenvalue weighted by Gasteiger charge is -2.11. The third-order valence-electron chi connectivity index (χ3n) is 2.60. The molecule has 1 aromatic rings. The van der Waals surface area contributed by atoms with Crippen LogP contribution in [-0.2, 0) is 6.42 Å². The van der Waals surface area contributed by atoms with Gasteiger partial charge in [-0.3, -0.25) is 0 Å². The lowest BCUT2D eigenvalue weighted by Crippen LogP contribution is -2.40. The molecule has 0 saturated carbocycles. The van der Waals surface area contributed by atoms with Crippen molar-refractivity contribution in [3.05, 3.63) is 29.3 Å². The molecule has 0 amide bonds. The minimum Gasteiger partial charge on any atom is -0.494 e. The maximum atomic E-state index is 13.6. The van der Waals surface area contributed by atoms with Crippen molar-refractivity contribution in [3.8, 4) is 5.75 Å². The first-order valence-corrected chi connectivity index (χ1v) is 5.76. The molecule has 1 rings (SSSR count). The number of rotatable bonds is 7. The summed E-state index contributed by atoms with van der Waals surface area (Å²) in [7, 11) is 1.30. The van der Waals surface area contributed by atoms with Gasteiger partial charge in [-0.15, -0.1) is 0 Å². The zero-order valence-electron chi connectivity index (χ0n) is 10.4. The van der Waals surface area contributed by atoms with Gasteiger partial charge in [0, 0.05) is 25.2 Å². The largest absolute Gasteiger partial charge is 0.494 e. The normalized spacial score (nSPS) is 12.5. The molecule has 18 heavy (non-hydrogen) atoms. The van der Waals surface area contributed by atoms with Crippen molar-refractivity contribution in [2.45, 2.75) is 12.5 Å². The lowest BCUT2D eigenvalue weighted by atomic mass is 10.1. The van der Waals surface area contributed by atoms with Crippen LogP contribution in [0.5, 0.6) is 5.75 Å². The lowest BCUT2D eigenvalue weighted by molar-refractivity contribution is 0.381. The molecular weight excluding hydrogens is 240 g/mol. The van der Waals surface area contributed by atoms with Gasteiger partial charge in [0.15, 0.2) is 11.6 Å². The molecule has 1 atom stereocenters. The van der Waals surface area contributed by atoms with E-state index < -0.39 is 11.6 Å². The predicted molar refractivity (Wildman–Crippen MR) is 66.5 cm³/mol. The summed E-state index contributed by atoms with van der Waals surface area (Å²) in [6.07, 6.45) is 0.379. The fourth-order valence-corrected chi connectivity index (χ4v) is 1.51. The van der Waals surface area contributed by atoms with Crippen LogP contribution in [0.2, 0.25) is 0 Å². The molecule has 0 aromatic heterocycles. The summed E-state index contributed by atoms with van der Waals surface area (Å²) in [5, 5.41) is 3.03. The van der Waals surface area contributed by atoms with Crippen molar-refractivity contribution in [2.24, 2.45) is 11.5 Å². The van der Waals surface area contributed by atoms with Crippen LogP contribution in [0.3, 0.4) is 0 Å². The summed E-state index contributed by atoms with van der Waals surface area (Å²) in [6.45, 7) is 1.45. The van der Waals surface area contributed by atoms with E-state index >= 15 is 0 Å². The molecule has 0 aliphatic rings. The van der Waals surface area contributed by atoms with Crippen molar-refractivity contribution >= 4 is 0 Å². The van der Waals surface area contributed by atoms with Crippen LogP contribution in [0.15, 0.2) is 12.1 Å². The van der Waals surface area contributed by atoms with Gasteiger partial charge in [0.1, 0.15) is 5.82 Å². The summed E-state index contributed by atoms with van der Waals surface area (Å²) >= 11 is 0. The predicted octanol–water partition coefficient (Wildman–Crippen LogP) is 0.392. The highest BCUT2D eigenvalue weighted by Crippen LogP contribution is 2.21. The molecule has 5 N–H and O–H groups in total. The Kier molecular flexibility index (Phi) is 5.97. The fourth-order valence-electron chi connectivity index (χ4n) is 1.51. The molecule has 1 aromatic carbocycles. The summed E-state index contributed by atoms with van der Waals surface area (Å²) in [5.74, 6) is -1.12.